The van der Waals surface area contributed by atoms with Gasteiger partial charge in [-0.25, -0.2) is 8.78 Å². The van der Waals surface area contributed by atoms with Crippen molar-refractivity contribution in [2.24, 2.45) is 11.7 Å². The number of nitrogens with one attached hydrogen (secondary N) is 1. The minimum atomic E-state index is -4.66. The minimum Gasteiger partial charge on any atom is -0.344 e. The van der Waals surface area contributed by atoms with E-state index < -0.39 is 23.8 Å². The average molecular weight is 242 g/mol. The Labute approximate surface area is 90.4 Å². The molecule has 0 aromatic rings. The number of halogens is 4. The number of alkyl halides is 4. The van der Waals surface area contributed by atoms with Gasteiger partial charge in [0.1, 0.15) is 0 Å². The van der Waals surface area contributed by atoms with Gasteiger partial charge in [-0.15, -0.1) is 0 Å². The van der Waals surface area contributed by atoms with Crippen LogP contribution in [0.2, 0.25) is 0 Å². The molecule has 0 spiro atoms. The van der Waals surface area contributed by atoms with Gasteiger partial charge in [-0.1, -0.05) is 0 Å². The summed E-state index contributed by atoms with van der Waals surface area (Å²) in [5.74, 6) is -6.62. The molecule has 0 radical (unpaired) electrons. The molecule has 0 bridgehead atoms. The lowest BCUT2D eigenvalue weighted by molar-refractivity contribution is -0.171. The van der Waals surface area contributed by atoms with E-state index in [0.717, 1.165) is 12.8 Å². The smallest absolute Gasteiger partial charge is 0.344 e. The minimum absolute atomic E-state index is 0.00470. The summed E-state index contributed by atoms with van der Waals surface area (Å²) < 4.78 is 49.2. The van der Waals surface area contributed by atoms with E-state index in [1.165, 1.54) is 6.92 Å². The third-order valence-corrected chi connectivity index (χ3v) is 2.88. The summed E-state index contributed by atoms with van der Waals surface area (Å²) in [6, 6.07) is 0. The van der Waals surface area contributed by atoms with E-state index in [2.05, 4.69) is 0 Å². The van der Waals surface area contributed by atoms with Crippen molar-refractivity contribution in [2.45, 2.75) is 37.7 Å². The quantitative estimate of drug-likeness (QED) is 0.710. The molecular weight excluding hydrogens is 228 g/mol. The number of amides is 1. The standard InChI is InChI=1S/C9H14F4N2O/c1-8(4-14,5-2-3-5)15-7(16)9(12,13)6(10)11/h5-6H,2-4,14H2,1H3,(H,15,16). The Hall–Kier alpha value is -0.850. The monoisotopic (exact) mass is 242 g/mol. The number of carbonyl (C=O) groups is 1. The average Bonchev–Trinajstić information content (AvgIpc) is 3.00. The van der Waals surface area contributed by atoms with Crippen molar-refractivity contribution in [3.8, 4) is 0 Å². The van der Waals surface area contributed by atoms with Gasteiger partial charge in [-0.2, -0.15) is 8.78 Å². The Morgan fingerprint density at radius 2 is 2.00 bits per heavy atom. The highest BCUT2D eigenvalue weighted by atomic mass is 19.3. The van der Waals surface area contributed by atoms with Gasteiger partial charge in [0.05, 0.1) is 5.54 Å². The SMILES string of the molecule is CC(CN)(NC(=O)C(F)(F)C(F)F)C1CC1. The highest BCUT2D eigenvalue weighted by Crippen LogP contribution is 2.39. The first kappa shape index (κ1) is 13.2. The van der Waals surface area contributed by atoms with Crippen molar-refractivity contribution in [3.05, 3.63) is 0 Å². The van der Waals surface area contributed by atoms with E-state index in [1.54, 1.807) is 0 Å². The van der Waals surface area contributed by atoms with Crippen LogP contribution in [0.5, 0.6) is 0 Å². The maximum absolute atomic E-state index is 12.7. The van der Waals surface area contributed by atoms with Crippen LogP contribution in [-0.4, -0.2) is 30.3 Å². The summed E-state index contributed by atoms with van der Waals surface area (Å²) in [4.78, 5) is 11.0. The summed E-state index contributed by atoms with van der Waals surface area (Å²) in [7, 11) is 0. The number of hydrogen-bond acceptors (Lipinski definition) is 2. The third-order valence-electron chi connectivity index (χ3n) is 2.88. The Morgan fingerprint density at radius 1 is 1.50 bits per heavy atom. The molecular formula is C9H14F4N2O. The molecule has 0 heterocycles. The molecule has 1 aliphatic rings. The second-order valence-electron chi connectivity index (χ2n) is 4.27. The molecule has 3 nitrogen and oxygen atoms in total. The van der Waals surface area contributed by atoms with E-state index in [4.69, 9.17) is 5.73 Å². The lowest BCUT2D eigenvalue weighted by Gasteiger charge is -2.31. The van der Waals surface area contributed by atoms with Crippen molar-refractivity contribution in [1.29, 1.82) is 0 Å². The highest BCUT2D eigenvalue weighted by Gasteiger charge is 2.52. The zero-order valence-electron chi connectivity index (χ0n) is 8.77. The van der Waals surface area contributed by atoms with E-state index in [1.807, 2.05) is 5.32 Å². The molecule has 7 heteroatoms. The Morgan fingerprint density at radius 3 is 2.31 bits per heavy atom. The second-order valence-corrected chi connectivity index (χ2v) is 4.27. The molecule has 1 unspecified atom stereocenters. The first-order valence-electron chi connectivity index (χ1n) is 4.92. The van der Waals surface area contributed by atoms with Crippen LogP contribution < -0.4 is 11.1 Å². The topological polar surface area (TPSA) is 55.1 Å². The largest absolute Gasteiger partial charge is 0.383 e. The van der Waals surface area contributed by atoms with Gasteiger partial charge in [-0.05, 0) is 25.7 Å². The number of nitrogens with two attached hydrogens (primary N) is 1. The zero-order chi connectivity index (χ0) is 12.6. The van der Waals surface area contributed by atoms with Crippen LogP contribution in [0.4, 0.5) is 17.6 Å². The lowest BCUT2D eigenvalue weighted by Crippen LogP contribution is -2.58. The van der Waals surface area contributed by atoms with E-state index in [-0.39, 0.29) is 12.5 Å². The number of rotatable bonds is 5. The molecule has 1 fully saturated rings. The fourth-order valence-electron chi connectivity index (χ4n) is 1.48. The maximum atomic E-state index is 12.7. The number of carbonyl (C=O) groups excluding carboxylic acids is 1. The van der Waals surface area contributed by atoms with E-state index >= 15 is 0 Å². The fraction of sp³-hybridized carbons (Fsp3) is 0.889. The van der Waals surface area contributed by atoms with Gasteiger partial charge in [0.2, 0.25) is 0 Å². The molecule has 16 heavy (non-hydrogen) atoms. The van der Waals surface area contributed by atoms with Crippen molar-refractivity contribution >= 4 is 5.91 Å². The Balaban J connectivity index is 2.69. The summed E-state index contributed by atoms with van der Waals surface area (Å²) >= 11 is 0. The van der Waals surface area contributed by atoms with Gasteiger partial charge in [-0.3, -0.25) is 4.79 Å². The molecule has 1 atom stereocenters. The molecule has 1 saturated carbocycles. The molecule has 0 saturated heterocycles. The maximum Gasteiger partial charge on any atom is 0.383 e. The first-order valence-corrected chi connectivity index (χ1v) is 4.92. The van der Waals surface area contributed by atoms with Crippen LogP contribution in [0.25, 0.3) is 0 Å². The molecule has 94 valence electrons. The van der Waals surface area contributed by atoms with Crippen LogP contribution in [0.3, 0.4) is 0 Å². The zero-order valence-corrected chi connectivity index (χ0v) is 8.77. The van der Waals surface area contributed by atoms with Gasteiger partial charge < -0.3 is 11.1 Å². The van der Waals surface area contributed by atoms with Crippen LogP contribution in [-0.2, 0) is 4.79 Å². The predicted octanol–water partition coefficient (Wildman–Crippen LogP) is 1.13. The molecule has 0 aliphatic heterocycles. The number of hydrogen-bond donors (Lipinski definition) is 2. The summed E-state index contributed by atoms with van der Waals surface area (Å²) in [5.41, 5.74) is 4.35. The lowest BCUT2D eigenvalue weighted by atomic mass is 9.95. The molecule has 1 amide bonds. The highest BCUT2D eigenvalue weighted by molar-refractivity contribution is 5.84. The normalized spacial score (nSPS) is 20.7. The fourth-order valence-corrected chi connectivity index (χ4v) is 1.48. The molecule has 1 aliphatic carbocycles. The molecule has 1 rings (SSSR count). The van der Waals surface area contributed by atoms with Gasteiger partial charge >= 0.3 is 12.3 Å². The Bertz CT molecular complexity index is 281. The van der Waals surface area contributed by atoms with Crippen molar-refractivity contribution in [2.75, 3.05) is 6.54 Å². The first-order chi connectivity index (χ1) is 7.24. The van der Waals surface area contributed by atoms with Gasteiger partial charge in [0, 0.05) is 6.54 Å². The van der Waals surface area contributed by atoms with Gasteiger partial charge in [0.25, 0.3) is 5.91 Å². The van der Waals surface area contributed by atoms with E-state index in [9.17, 15) is 22.4 Å². The summed E-state index contributed by atoms with van der Waals surface area (Å²) in [6.45, 7) is 1.44. The predicted molar refractivity (Wildman–Crippen MR) is 49.3 cm³/mol. The van der Waals surface area contributed by atoms with Crippen LogP contribution in [0.1, 0.15) is 19.8 Å². The van der Waals surface area contributed by atoms with Crippen LogP contribution in [0, 0.1) is 5.92 Å². The van der Waals surface area contributed by atoms with Crippen molar-refractivity contribution in [3.63, 3.8) is 0 Å². The van der Waals surface area contributed by atoms with Crippen molar-refractivity contribution < 1.29 is 22.4 Å². The van der Waals surface area contributed by atoms with Crippen LogP contribution >= 0.6 is 0 Å². The third kappa shape index (κ3) is 2.45. The summed E-state index contributed by atoms with van der Waals surface area (Å²) in [5, 5.41) is 1.93. The summed E-state index contributed by atoms with van der Waals surface area (Å²) in [6.07, 6.45) is -2.49. The molecule has 0 aromatic carbocycles. The van der Waals surface area contributed by atoms with E-state index in [0.29, 0.717) is 0 Å². The van der Waals surface area contributed by atoms with Crippen molar-refractivity contribution in [1.82, 2.24) is 5.32 Å². The van der Waals surface area contributed by atoms with Crippen LogP contribution in [0.15, 0.2) is 0 Å². The molecule has 3 N–H and O–H groups in total. The second kappa shape index (κ2) is 4.20. The Kier molecular flexibility index (Phi) is 3.47. The van der Waals surface area contributed by atoms with Gasteiger partial charge in [0.15, 0.2) is 0 Å². The molecule has 0 aromatic heterocycles.